The molecule has 1 unspecified atom stereocenters. The third kappa shape index (κ3) is 3.39. The van der Waals surface area contributed by atoms with Crippen molar-refractivity contribution in [1.29, 1.82) is 0 Å². The maximum Gasteiger partial charge on any atom is 0.137 e. The lowest BCUT2D eigenvalue weighted by Crippen LogP contribution is -2.38. The Bertz CT molecular complexity index is 450. The van der Waals surface area contributed by atoms with Crippen LogP contribution in [0.5, 0.6) is 0 Å². The zero-order valence-corrected chi connectivity index (χ0v) is 12.8. The number of rotatable bonds is 5. The molecule has 1 aromatic heterocycles. The standard InChI is InChI=1S/C15H26N4O/c1-4-7-16-14-11(2)15(18-12(3)17-14)19-8-5-6-13(9-19)10-20/h13,20H,4-10H2,1-3H3,(H,16,17,18). The molecule has 1 saturated heterocycles. The molecule has 1 aliphatic heterocycles. The molecule has 1 aliphatic rings. The molecule has 0 radical (unpaired) electrons. The van der Waals surface area contributed by atoms with Crippen molar-refractivity contribution in [2.75, 3.05) is 36.5 Å². The van der Waals surface area contributed by atoms with E-state index < -0.39 is 0 Å². The van der Waals surface area contributed by atoms with Gasteiger partial charge < -0.3 is 15.3 Å². The molecule has 0 bridgehead atoms. The van der Waals surface area contributed by atoms with Crippen molar-refractivity contribution in [3.05, 3.63) is 11.4 Å². The van der Waals surface area contributed by atoms with E-state index in [1.807, 2.05) is 6.92 Å². The molecule has 1 atom stereocenters. The highest BCUT2D eigenvalue weighted by Crippen LogP contribution is 2.27. The van der Waals surface area contributed by atoms with Gasteiger partial charge in [-0.3, -0.25) is 0 Å². The predicted octanol–water partition coefficient (Wildman–Crippen LogP) is 2.12. The highest BCUT2D eigenvalue weighted by Gasteiger charge is 2.23. The van der Waals surface area contributed by atoms with Crippen LogP contribution < -0.4 is 10.2 Å². The van der Waals surface area contributed by atoms with Crippen LogP contribution in [0, 0.1) is 19.8 Å². The summed E-state index contributed by atoms with van der Waals surface area (Å²) in [5.41, 5.74) is 1.11. The Morgan fingerprint density at radius 2 is 2.15 bits per heavy atom. The van der Waals surface area contributed by atoms with Gasteiger partial charge in [-0.05, 0) is 39.0 Å². The minimum Gasteiger partial charge on any atom is -0.396 e. The van der Waals surface area contributed by atoms with E-state index in [0.29, 0.717) is 5.92 Å². The van der Waals surface area contributed by atoms with Crippen LogP contribution in [0.2, 0.25) is 0 Å². The second kappa shape index (κ2) is 6.88. The molecule has 112 valence electrons. The number of anilines is 2. The normalized spacial score (nSPS) is 19.2. The van der Waals surface area contributed by atoms with Crippen LogP contribution in [0.15, 0.2) is 0 Å². The molecule has 0 spiro atoms. The number of hydrogen-bond acceptors (Lipinski definition) is 5. The van der Waals surface area contributed by atoms with Crippen LogP contribution in [-0.4, -0.2) is 41.3 Å². The highest BCUT2D eigenvalue weighted by molar-refractivity contribution is 5.58. The average molecular weight is 278 g/mol. The van der Waals surface area contributed by atoms with Crippen molar-refractivity contribution >= 4 is 11.6 Å². The summed E-state index contributed by atoms with van der Waals surface area (Å²) < 4.78 is 0. The van der Waals surface area contributed by atoms with Gasteiger partial charge in [0.05, 0.1) is 0 Å². The summed E-state index contributed by atoms with van der Waals surface area (Å²) in [5.74, 6) is 3.13. The summed E-state index contributed by atoms with van der Waals surface area (Å²) in [7, 11) is 0. The molecule has 0 saturated carbocycles. The zero-order valence-electron chi connectivity index (χ0n) is 12.8. The van der Waals surface area contributed by atoms with Crippen LogP contribution in [0.25, 0.3) is 0 Å². The van der Waals surface area contributed by atoms with Gasteiger partial charge in [0.1, 0.15) is 17.5 Å². The topological polar surface area (TPSA) is 61.3 Å². The number of aliphatic hydroxyl groups is 1. The van der Waals surface area contributed by atoms with E-state index in [0.717, 1.165) is 61.9 Å². The lowest BCUT2D eigenvalue weighted by atomic mass is 9.99. The van der Waals surface area contributed by atoms with Gasteiger partial charge >= 0.3 is 0 Å². The average Bonchev–Trinajstić information content (AvgIpc) is 2.47. The van der Waals surface area contributed by atoms with Crippen molar-refractivity contribution in [3.8, 4) is 0 Å². The van der Waals surface area contributed by atoms with Crippen molar-refractivity contribution in [2.24, 2.45) is 5.92 Å². The summed E-state index contributed by atoms with van der Waals surface area (Å²) in [6.45, 7) is 9.26. The molecule has 2 N–H and O–H groups in total. The Morgan fingerprint density at radius 1 is 1.35 bits per heavy atom. The second-order valence-electron chi connectivity index (χ2n) is 5.63. The number of aryl methyl sites for hydroxylation is 1. The molecular formula is C15H26N4O. The van der Waals surface area contributed by atoms with Gasteiger partial charge in [-0.15, -0.1) is 0 Å². The van der Waals surface area contributed by atoms with E-state index in [1.165, 1.54) is 0 Å². The van der Waals surface area contributed by atoms with Crippen molar-refractivity contribution in [1.82, 2.24) is 9.97 Å². The first-order valence-electron chi connectivity index (χ1n) is 7.60. The summed E-state index contributed by atoms with van der Waals surface area (Å²) >= 11 is 0. The third-order valence-corrected chi connectivity index (χ3v) is 3.85. The predicted molar refractivity (Wildman–Crippen MR) is 82.3 cm³/mol. The Kier molecular flexibility index (Phi) is 5.17. The van der Waals surface area contributed by atoms with Gasteiger partial charge in [0.25, 0.3) is 0 Å². The number of aliphatic hydroxyl groups excluding tert-OH is 1. The van der Waals surface area contributed by atoms with Gasteiger partial charge in [0.2, 0.25) is 0 Å². The van der Waals surface area contributed by atoms with Crippen LogP contribution >= 0.6 is 0 Å². The number of nitrogens with one attached hydrogen (secondary N) is 1. The number of piperidine rings is 1. The van der Waals surface area contributed by atoms with Crippen molar-refractivity contribution in [2.45, 2.75) is 40.0 Å². The van der Waals surface area contributed by atoms with Gasteiger partial charge in [-0.1, -0.05) is 6.92 Å². The van der Waals surface area contributed by atoms with E-state index in [-0.39, 0.29) is 6.61 Å². The number of hydrogen-bond donors (Lipinski definition) is 2. The maximum absolute atomic E-state index is 9.38. The van der Waals surface area contributed by atoms with E-state index in [2.05, 4.69) is 34.0 Å². The first-order chi connectivity index (χ1) is 9.65. The summed E-state index contributed by atoms with van der Waals surface area (Å²) in [4.78, 5) is 11.4. The Balaban J connectivity index is 2.23. The molecule has 2 heterocycles. The van der Waals surface area contributed by atoms with Crippen molar-refractivity contribution in [3.63, 3.8) is 0 Å². The summed E-state index contributed by atoms with van der Waals surface area (Å²) in [6.07, 6.45) is 3.30. The van der Waals surface area contributed by atoms with E-state index in [4.69, 9.17) is 0 Å². The molecular weight excluding hydrogens is 252 g/mol. The molecule has 0 aromatic carbocycles. The van der Waals surface area contributed by atoms with E-state index in [9.17, 15) is 5.11 Å². The SMILES string of the molecule is CCCNc1nc(C)nc(N2CCCC(CO)C2)c1C. The fourth-order valence-corrected chi connectivity index (χ4v) is 2.74. The summed E-state index contributed by atoms with van der Waals surface area (Å²) in [5, 5.41) is 12.8. The number of aromatic nitrogens is 2. The second-order valence-corrected chi connectivity index (χ2v) is 5.63. The molecule has 0 aliphatic carbocycles. The first-order valence-corrected chi connectivity index (χ1v) is 7.60. The first kappa shape index (κ1) is 15.0. The van der Waals surface area contributed by atoms with E-state index in [1.54, 1.807) is 0 Å². The Morgan fingerprint density at radius 3 is 2.85 bits per heavy atom. The van der Waals surface area contributed by atoms with Gasteiger partial charge in [0.15, 0.2) is 0 Å². The lowest BCUT2D eigenvalue weighted by molar-refractivity contribution is 0.208. The fraction of sp³-hybridized carbons (Fsp3) is 0.733. The Hall–Kier alpha value is -1.36. The maximum atomic E-state index is 9.38. The van der Waals surface area contributed by atoms with Gasteiger partial charge in [-0.25, -0.2) is 9.97 Å². The molecule has 2 rings (SSSR count). The third-order valence-electron chi connectivity index (χ3n) is 3.85. The minimum atomic E-state index is 0.264. The van der Waals surface area contributed by atoms with Gasteiger partial charge in [0, 0.05) is 31.8 Å². The largest absolute Gasteiger partial charge is 0.396 e. The fourth-order valence-electron chi connectivity index (χ4n) is 2.74. The van der Waals surface area contributed by atoms with E-state index >= 15 is 0 Å². The molecule has 0 amide bonds. The highest BCUT2D eigenvalue weighted by atomic mass is 16.3. The van der Waals surface area contributed by atoms with Crippen LogP contribution in [0.1, 0.15) is 37.6 Å². The smallest absolute Gasteiger partial charge is 0.137 e. The number of nitrogens with zero attached hydrogens (tertiary/aromatic N) is 3. The molecule has 1 aromatic rings. The lowest BCUT2D eigenvalue weighted by Gasteiger charge is -2.34. The van der Waals surface area contributed by atoms with Crippen LogP contribution in [0.3, 0.4) is 0 Å². The molecule has 1 fully saturated rings. The molecule has 5 nitrogen and oxygen atoms in total. The summed E-state index contributed by atoms with van der Waals surface area (Å²) in [6, 6.07) is 0. The Labute approximate surface area is 121 Å². The zero-order chi connectivity index (χ0) is 14.5. The quantitative estimate of drug-likeness (QED) is 0.864. The van der Waals surface area contributed by atoms with Gasteiger partial charge in [-0.2, -0.15) is 0 Å². The van der Waals surface area contributed by atoms with Crippen LogP contribution in [0.4, 0.5) is 11.6 Å². The van der Waals surface area contributed by atoms with Crippen LogP contribution in [-0.2, 0) is 0 Å². The van der Waals surface area contributed by atoms with Crippen molar-refractivity contribution < 1.29 is 5.11 Å². The minimum absolute atomic E-state index is 0.264. The molecule has 20 heavy (non-hydrogen) atoms. The molecule has 5 heteroatoms. The monoisotopic (exact) mass is 278 g/mol.